The first-order chi connectivity index (χ1) is 12.7. The summed E-state index contributed by atoms with van der Waals surface area (Å²) < 4.78 is 19.0. The van der Waals surface area contributed by atoms with Crippen molar-refractivity contribution in [2.24, 2.45) is 0 Å². The zero-order valence-corrected chi connectivity index (χ0v) is 16.0. The molecule has 0 spiro atoms. The van der Waals surface area contributed by atoms with Crippen molar-refractivity contribution < 1.29 is 8.95 Å². The van der Waals surface area contributed by atoms with Gasteiger partial charge < -0.3 is 10.1 Å². The molecule has 0 radical (unpaired) electrons. The third-order valence-corrected chi connectivity index (χ3v) is 5.77. The largest absolute Gasteiger partial charge is 0.493 e. The average molecular weight is 383 g/mol. The summed E-state index contributed by atoms with van der Waals surface area (Å²) in [6.45, 7) is 2.42. The molecule has 26 heavy (non-hydrogen) atoms. The minimum atomic E-state index is -1.16. The van der Waals surface area contributed by atoms with Crippen LogP contribution in [0.3, 0.4) is 0 Å². The average Bonchev–Trinajstić information content (AvgIpc) is 3.09. The number of nitrogens with zero attached hydrogens (tertiary/aromatic N) is 2. The summed E-state index contributed by atoms with van der Waals surface area (Å²) in [5, 5.41) is 4.33. The van der Waals surface area contributed by atoms with Crippen LogP contribution in [0.1, 0.15) is 6.92 Å². The Labute approximate surface area is 157 Å². The van der Waals surface area contributed by atoms with E-state index in [1.165, 1.54) is 0 Å². The van der Waals surface area contributed by atoms with Crippen LogP contribution < -0.4 is 10.1 Å². The van der Waals surface area contributed by atoms with Crippen molar-refractivity contribution in [3.8, 4) is 5.75 Å². The molecule has 1 N–H and O–H groups in total. The summed E-state index contributed by atoms with van der Waals surface area (Å²) in [5.41, 5.74) is 5.45. The van der Waals surface area contributed by atoms with E-state index in [1.807, 2.05) is 42.8 Å². The first-order valence-electron chi connectivity index (χ1n) is 8.15. The molecule has 4 aromatic rings. The van der Waals surface area contributed by atoms with Crippen LogP contribution in [0, 0.1) is 0 Å². The fraction of sp³-hybridized carbons (Fsp3) is 0.158. The normalized spacial score (nSPS) is 12.4. The second-order valence-electron chi connectivity index (χ2n) is 5.72. The number of benzene rings is 2. The van der Waals surface area contributed by atoms with Crippen LogP contribution in [-0.4, -0.2) is 27.0 Å². The third-order valence-electron chi connectivity index (χ3n) is 4.03. The van der Waals surface area contributed by atoms with E-state index in [9.17, 15) is 4.21 Å². The number of hydrogen-bond donors (Lipinski definition) is 1. The van der Waals surface area contributed by atoms with Crippen molar-refractivity contribution in [3.05, 3.63) is 48.1 Å². The van der Waals surface area contributed by atoms with Crippen LogP contribution in [0.5, 0.6) is 5.75 Å². The highest BCUT2D eigenvalue weighted by molar-refractivity contribution is 7.84. The molecule has 2 heterocycles. The summed E-state index contributed by atoms with van der Waals surface area (Å²) in [6.07, 6.45) is 3.41. The van der Waals surface area contributed by atoms with Crippen LogP contribution in [-0.2, 0) is 10.8 Å². The van der Waals surface area contributed by atoms with E-state index in [0.717, 1.165) is 32.5 Å². The fourth-order valence-electron chi connectivity index (χ4n) is 2.85. The quantitative estimate of drug-likeness (QED) is 0.540. The Morgan fingerprint density at radius 2 is 2.04 bits per heavy atom. The summed E-state index contributed by atoms with van der Waals surface area (Å²) in [4.78, 5) is 9.47. The second-order valence-corrected chi connectivity index (χ2v) is 7.96. The first kappa shape index (κ1) is 16.9. The smallest absolute Gasteiger partial charge is 0.137 e. The zero-order valence-electron chi connectivity index (χ0n) is 14.4. The number of aromatic nitrogens is 2. The summed E-state index contributed by atoms with van der Waals surface area (Å²) >= 11 is 1.62. The number of pyridine rings is 1. The number of thiazole rings is 1. The van der Waals surface area contributed by atoms with Gasteiger partial charge in [-0.2, -0.15) is 0 Å². The Balaban J connectivity index is 1.81. The van der Waals surface area contributed by atoms with Crippen molar-refractivity contribution in [1.29, 1.82) is 0 Å². The third kappa shape index (κ3) is 3.15. The van der Waals surface area contributed by atoms with E-state index in [0.29, 0.717) is 17.3 Å². The van der Waals surface area contributed by atoms with E-state index >= 15 is 0 Å². The van der Waals surface area contributed by atoms with Crippen molar-refractivity contribution >= 4 is 54.6 Å². The van der Waals surface area contributed by atoms with E-state index in [4.69, 9.17) is 4.74 Å². The first-order valence-corrected chi connectivity index (χ1v) is 10.6. The number of fused-ring (bicyclic) bond motifs is 2. The summed E-state index contributed by atoms with van der Waals surface area (Å²) in [6, 6.07) is 11.8. The van der Waals surface area contributed by atoms with Gasteiger partial charge in [0.1, 0.15) is 5.75 Å². The molecule has 2 aromatic heterocycles. The van der Waals surface area contributed by atoms with Gasteiger partial charge in [-0.1, -0.05) is 0 Å². The van der Waals surface area contributed by atoms with Gasteiger partial charge in [0.05, 0.1) is 43.5 Å². The maximum Gasteiger partial charge on any atom is 0.137 e. The SMILES string of the molecule is CCOc1cc2nccc(Nc3ccc4scnc4c3)c2cc1S(C)=O. The van der Waals surface area contributed by atoms with E-state index in [1.54, 1.807) is 23.8 Å². The number of anilines is 2. The van der Waals surface area contributed by atoms with Crippen molar-refractivity contribution in [3.63, 3.8) is 0 Å². The van der Waals surface area contributed by atoms with Crippen molar-refractivity contribution in [2.75, 3.05) is 18.2 Å². The van der Waals surface area contributed by atoms with E-state index in [-0.39, 0.29) is 0 Å². The molecule has 0 fully saturated rings. The van der Waals surface area contributed by atoms with Gasteiger partial charge in [0, 0.05) is 35.3 Å². The van der Waals surface area contributed by atoms with Crippen LogP contribution in [0.4, 0.5) is 11.4 Å². The molecule has 0 amide bonds. The van der Waals surface area contributed by atoms with Crippen LogP contribution in [0.15, 0.2) is 53.0 Å². The van der Waals surface area contributed by atoms with Crippen molar-refractivity contribution in [2.45, 2.75) is 11.8 Å². The highest BCUT2D eigenvalue weighted by atomic mass is 32.2. The highest BCUT2D eigenvalue weighted by Crippen LogP contribution is 2.33. The summed E-state index contributed by atoms with van der Waals surface area (Å²) in [5.74, 6) is 0.620. The highest BCUT2D eigenvalue weighted by Gasteiger charge is 2.13. The molecule has 0 saturated heterocycles. The molecular weight excluding hydrogens is 366 g/mol. The van der Waals surface area contributed by atoms with Crippen LogP contribution in [0.25, 0.3) is 21.1 Å². The van der Waals surface area contributed by atoms with Gasteiger partial charge in [0.15, 0.2) is 0 Å². The molecule has 1 unspecified atom stereocenters. The standard InChI is InChI=1S/C19H17N3O2S2/c1-3-24-17-10-15-13(9-19(17)26(2)23)14(6-7-20-15)22-12-4-5-18-16(8-12)21-11-25-18/h4-11H,3H2,1-2H3,(H,20,22). The summed E-state index contributed by atoms with van der Waals surface area (Å²) in [7, 11) is -1.16. The molecule has 0 saturated carbocycles. The monoisotopic (exact) mass is 383 g/mol. The Morgan fingerprint density at radius 3 is 2.85 bits per heavy atom. The molecule has 2 aromatic carbocycles. The minimum Gasteiger partial charge on any atom is -0.493 e. The fourth-order valence-corrected chi connectivity index (χ4v) is 4.19. The van der Waals surface area contributed by atoms with Crippen molar-refractivity contribution in [1.82, 2.24) is 9.97 Å². The van der Waals surface area contributed by atoms with Gasteiger partial charge in [-0.15, -0.1) is 11.3 Å². The number of hydrogen-bond acceptors (Lipinski definition) is 6. The lowest BCUT2D eigenvalue weighted by atomic mass is 10.1. The molecular formula is C19H17N3O2S2. The maximum absolute atomic E-state index is 12.2. The Hall–Kier alpha value is -2.51. The lowest BCUT2D eigenvalue weighted by Crippen LogP contribution is -2.00. The predicted octanol–water partition coefficient (Wildman–Crippen LogP) is 4.72. The zero-order chi connectivity index (χ0) is 18.1. The maximum atomic E-state index is 12.2. The number of nitrogens with one attached hydrogen (secondary N) is 1. The molecule has 7 heteroatoms. The van der Waals surface area contributed by atoms with E-state index in [2.05, 4.69) is 21.4 Å². The molecule has 0 aliphatic carbocycles. The number of rotatable bonds is 5. The van der Waals surface area contributed by atoms with Crippen LogP contribution >= 0.6 is 11.3 Å². The Morgan fingerprint density at radius 1 is 1.15 bits per heavy atom. The minimum absolute atomic E-state index is 0.515. The molecule has 0 aliphatic rings. The molecule has 132 valence electrons. The second kappa shape index (κ2) is 7.01. The van der Waals surface area contributed by atoms with Crippen LogP contribution in [0.2, 0.25) is 0 Å². The van der Waals surface area contributed by atoms with Gasteiger partial charge in [-0.25, -0.2) is 4.98 Å². The molecule has 4 rings (SSSR count). The Bertz CT molecular complexity index is 1120. The molecule has 1 atom stereocenters. The van der Waals surface area contributed by atoms with Gasteiger partial charge in [0.25, 0.3) is 0 Å². The molecule has 5 nitrogen and oxygen atoms in total. The van der Waals surface area contributed by atoms with Gasteiger partial charge in [-0.3, -0.25) is 9.19 Å². The topological polar surface area (TPSA) is 64.1 Å². The van der Waals surface area contributed by atoms with E-state index < -0.39 is 10.8 Å². The predicted molar refractivity (Wildman–Crippen MR) is 108 cm³/mol. The van der Waals surface area contributed by atoms with Gasteiger partial charge >= 0.3 is 0 Å². The molecule has 0 aliphatic heterocycles. The lowest BCUT2D eigenvalue weighted by Gasteiger charge is -2.13. The number of ether oxygens (including phenoxy) is 1. The molecule has 0 bridgehead atoms. The lowest BCUT2D eigenvalue weighted by molar-refractivity contribution is 0.332. The van der Waals surface area contributed by atoms with Gasteiger partial charge in [-0.05, 0) is 37.3 Å². The Kier molecular flexibility index (Phi) is 4.57. The van der Waals surface area contributed by atoms with Gasteiger partial charge in [0.2, 0.25) is 0 Å².